The van der Waals surface area contributed by atoms with E-state index < -0.39 is 10.0 Å². The third-order valence-electron chi connectivity index (χ3n) is 4.06. The van der Waals surface area contributed by atoms with Crippen molar-refractivity contribution in [3.8, 4) is 5.75 Å². The third-order valence-corrected chi connectivity index (χ3v) is 5.46. The number of rotatable bonds is 7. The molecule has 29 heavy (non-hydrogen) atoms. The van der Waals surface area contributed by atoms with Gasteiger partial charge in [-0.2, -0.15) is 0 Å². The minimum Gasteiger partial charge on any atom is -0.497 e. The van der Waals surface area contributed by atoms with E-state index in [2.05, 4.69) is 20.0 Å². The number of aromatic nitrogens is 2. The van der Waals surface area contributed by atoms with Gasteiger partial charge in [-0.25, -0.2) is 18.4 Å². The molecule has 0 aliphatic carbocycles. The molecule has 0 spiro atoms. The number of nitrogens with zero attached hydrogens (tertiary/aromatic N) is 3. The number of benzene rings is 2. The fourth-order valence-electron chi connectivity index (χ4n) is 2.58. The molecule has 3 rings (SSSR count). The van der Waals surface area contributed by atoms with Crippen molar-refractivity contribution in [2.75, 3.05) is 36.1 Å². The van der Waals surface area contributed by atoms with Gasteiger partial charge < -0.3 is 15.0 Å². The number of sulfonamides is 1. The Hall–Kier alpha value is -3.33. The zero-order chi connectivity index (χ0) is 21.0. The molecule has 1 aromatic heterocycles. The van der Waals surface area contributed by atoms with Crippen LogP contribution in [0.2, 0.25) is 0 Å². The summed E-state index contributed by atoms with van der Waals surface area (Å²) >= 11 is 0. The molecule has 152 valence electrons. The maximum Gasteiger partial charge on any atom is 0.261 e. The summed E-state index contributed by atoms with van der Waals surface area (Å²) in [6.07, 6.45) is 0. The smallest absolute Gasteiger partial charge is 0.261 e. The molecule has 0 amide bonds. The molecule has 3 aromatic rings. The van der Waals surface area contributed by atoms with Crippen molar-refractivity contribution in [1.82, 2.24) is 9.97 Å². The summed E-state index contributed by atoms with van der Waals surface area (Å²) in [6.45, 7) is 1.83. The molecule has 0 saturated carbocycles. The van der Waals surface area contributed by atoms with E-state index in [9.17, 15) is 8.42 Å². The second-order valence-corrected chi connectivity index (χ2v) is 8.22. The Morgan fingerprint density at radius 1 is 0.931 bits per heavy atom. The average molecular weight is 414 g/mol. The van der Waals surface area contributed by atoms with Crippen molar-refractivity contribution >= 4 is 33.0 Å². The highest BCUT2D eigenvalue weighted by molar-refractivity contribution is 7.92. The van der Waals surface area contributed by atoms with Gasteiger partial charge in [0.15, 0.2) is 0 Å². The van der Waals surface area contributed by atoms with Gasteiger partial charge in [0.1, 0.15) is 23.2 Å². The second kappa shape index (κ2) is 8.36. The van der Waals surface area contributed by atoms with Gasteiger partial charge in [0.05, 0.1) is 12.0 Å². The Bertz CT molecular complexity index is 1080. The molecule has 0 aliphatic rings. The van der Waals surface area contributed by atoms with Gasteiger partial charge in [-0.05, 0) is 55.5 Å². The standard InChI is InChI=1S/C20H23N5O3S/c1-14-21-19(13-20(22-14)25(2)3)23-15-5-7-16(8-6-15)24-29(26,27)18-11-9-17(28-4)10-12-18/h5-13,24H,1-4H3,(H,21,22,23). The van der Waals surface area contributed by atoms with E-state index in [1.54, 1.807) is 36.4 Å². The molecule has 0 bridgehead atoms. The Morgan fingerprint density at radius 2 is 1.55 bits per heavy atom. The molecule has 0 saturated heterocycles. The molecule has 0 fully saturated rings. The normalized spacial score (nSPS) is 11.0. The van der Waals surface area contributed by atoms with Crippen LogP contribution in [-0.2, 0) is 10.0 Å². The highest BCUT2D eigenvalue weighted by Crippen LogP contribution is 2.23. The highest BCUT2D eigenvalue weighted by Gasteiger charge is 2.14. The predicted octanol–water partition coefficient (Wildman–Crippen LogP) is 3.40. The molecule has 0 radical (unpaired) electrons. The van der Waals surface area contributed by atoms with Crippen molar-refractivity contribution in [2.45, 2.75) is 11.8 Å². The lowest BCUT2D eigenvalue weighted by atomic mass is 10.3. The molecule has 2 N–H and O–H groups in total. The first-order chi connectivity index (χ1) is 13.8. The average Bonchev–Trinajstić information content (AvgIpc) is 2.69. The SMILES string of the molecule is COc1ccc(S(=O)(=O)Nc2ccc(Nc3cc(N(C)C)nc(C)n3)cc2)cc1. The predicted molar refractivity (Wildman–Crippen MR) is 115 cm³/mol. The molecular weight excluding hydrogens is 390 g/mol. The van der Waals surface area contributed by atoms with Crippen LogP contribution in [0.5, 0.6) is 5.75 Å². The van der Waals surface area contributed by atoms with Gasteiger partial charge in [-0.3, -0.25) is 4.72 Å². The van der Waals surface area contributed by atoms with E-state index in [1.165, 1.54) is 19.2 Å². The van der Waals surface area contributed by atoms with Gasteiger partial charge in [0.2, 0.25) is 0 Å². The van der Waals surface area contributed by atoms with Crippen molar-refractivity contribution in [2.24, 2.45) is 0 Å². The summed E-state index contributed by atoms with van der Waals surface area (Å²) in [5.74, 6) is 2.70. The van der Waals surface area contributed by atoms with Crippen LogP contribution in [0.1, 0.15) is 5.82 Å². The maximum atomic E-state index is 12.5. The lowest BCUT2D eigenvalue weighted by Gasteiger charge is -2.14. The van der Waals surface area contributed by atoms with Crippen LogP contribution in [0.3, 0.4) is 0 Å². The maximum absolute atomic E-state index is 12.5. The van der Waals surface area contributed by atoms with Gasteiger partial charge >= 0.3 is 0 Å². The Labute approximate surface area is 170 Å². The van der Waals surface area contributed by atoms with E-state index in [0.29, 0.717) is 23.1 Å². The first-order valence-electron chi connectivity index (χ1n) is 8.84. The molecule has 0 atom stereocenters. The van der Waals surface area contributed by atoms with Crippen LogP contribution >= 0.6 is 0 Å². The van der Waals surface area contributed by atoms with E-state index >= 15 is 0 Å². The summed E-state index contributed by atoms with van der Waals surface area (Å²) in [7, 11) is 1.67. The van der Waals surface area contributed by atoms with Crippen LogP contribution < -0.4 is 19.7 Å². The van der Waals surface area contributed by atoms with Crippen LogP contribution in [0.25, 0.3) is 0 Å². The minimum absolute atomic E-state index is 0.160. The molecule has 0 unspecified atom stereocenters. The fourth-order valence-corrected chi connectivity index (χ4v) is 3.64. The molecule has 0 aliphatic heterocycles. The molecule has 1 heterocycles. The summed E-state index contributed by atoms with van der Waals surface area (Å²) in [4.78, 5) is 10.8. The van der Waals surface area contributed by atoms with E-state index in [1.807, 2.05) is 32.0 Å². The van der Waals surface area contributed by atoms with Gasteiger partial charge in [-0.1, -0.05) is 0 Å². The van der Waals surface area contributed by atoms with Crippen molar-refractivity contribution in [3.05, 3.63) is 60.4 Å². The Balaban J connectivity index is 1.73. The van der Waals surface area contributed by atoms with Crippen molar-refractivity contribution in [1.29, 1.82) is 0 Å². The summed E-state index contributed by atoms with van der Waals surface area (Å²) in [5, 5.41) is 3.21. The zero-order valence-corrected chi connectivity index (χ0v) is 17.5. The number of anilines is 4. The van der Waals surface area contributed by atoms with Crippen molar-refractivity contribution < 1.29 is 13.2 Å². The van der Waals surface area contributed by atoms with Gasteiger partial charge in [0.25, 0.3) is 10.0 Å². The number of hydrogen-bond donors (Lipinski definition) is 2. The fraction of sp³-hybridized carbons (Fsp3) is 0.200. The lowest BCUT2D eigenvalue weighted by Crippen LogP contribution is -2.13. The van der Waals surface area contributed by atoms with Crippen molar-refractivity contribution in [3.63, 3.8) is 0 Å². The van der Waals surface area contributed by atoms with Crippen LogP contribution in [-0.4, -0.2) is 39.6 Å². The zero-order valence-electron chi connectivity index (χ0n) is 16.7. The summed E-state index contributed by atoms with van der Waals surface area (Å²) < 4.78 is 32.7. The lowest BCUT2D eigenvalue weighted by molar-refractivity contribution is 0.414. The summed E-state index contributed by atoms with van der Waals surface area (Å²) in [5.41, 5.74) is 1.24. The molecule has 2 aromatic carbocycles. The first kappa shape index (κ1) is 20.4. The number of hydrogen-bond acceptors (Lipinski definition) is 7. The highest BCUT2D eigenvalue weighted by atomic mass is 32.2. The van der Waals surface area contributed by atoms with E-state index in [-0.39, 0.29) is 4.90 Å². The molecule has 9 heteroatoms. The second-order valence-electron chi connectivity index (χ2n) is 6.54. The molecule has 8 nitrogen and oxygen atoms in total. The first-order valence-corrected chi connectivity index (χ1v) is 10.3. The number of ether oxygens (including phenoxy) is 1. The molecular formula is C20H23N5O3S. The van der Waals surface area contributed by atoms with Gasteiger partial charge in [-0.15, -0.1) is 0 Å². The topological polar surface area (TPSA) is 96.5 Å². The van der Waals surface area contributed by atoms with Crippen LogP contribution in [0.4, 0.5) is 23.0 Å². The number of nitrogens with one attached hydrogen (secondary N) is 2. The quantitative estimate of drug-likeness (QED) is 0.613. The Kier molecular flexibility index (Phi) is 5.88. The number of methoxy groups -OCH3 is 1. The largest absolute Gasteiger partial charge is 0.497 e. The van der Waals surface area contributed by atoms with Gasteiger partial charge in [0, 0.05) is 31.5 Å². The minimum atomic E-state index is -3.68. The Morgan fingerprint density at radius 3 is 2.14 bits per heavy atom. The van der Waals surface area contributed by atoms with E-state index in [0.717, 1.165) is 11.5 Å². The van der Waals surface area contributed by atoms with E-state index in [4.69, 9.17) is 4.74 Å². The third kappa shape index (κ3) is 5.14. The van der Waals surface area contributed by atoms with Crippen LogP contribution in [0, 0.1) is 6.92 Å². The summed E-state index contributed by atoms with van der Waals surface area (Å²) in [6, 6.07) is 15.0. The number of aryl methyl sites for hydroxylation is 1. The monoisotopic (exact) mass is 413 g/mol. The van der Waals surface area contributed by atoms with Crippen LogP contribution in [0.15, 0.2) is 59.5 Å².